The summed E-state index contributed by atoms with van der Waals surface area (Å²) in [5.41, 5.74) is -0.585. The normalized spacial score (nSPS) is 25.2. The van der Waals surface area contributed by atoms with Crippen LogP contribution >= 0.6 is 0 Å². The van der Waals surface area contributed by atoms with Crippen LogP contribution in [0.15, 0.2) is 10.9 Å². The van der Waals surface area contributed by atoms with Gasteiger partial charge in [-0.15, -0.1) is 0 Å². The maximum absolute atomic E-state index is 11.4. The molecule has 1 unspecified atom stereocenters. The van der Waals surface area contributed by atoms with Crippen LogP contribution in [-0.2, 0) is 11.3 Å². The van der Waals surface area contributed by atoms with Crippen molar-refractivity contribution >= 4 is 5.97 Å². The zero-order valence-electron chi connectivity index (χ0n) is 9.93. The van der Waals surface area contributed by atoms with E-state index < -0.39 is 11.4 Å². The summed E-state index contributed by atoms with van der Waals surface area (Å²) < 4.78 is 4.67. The molecular formula is C11H17N3O3. The van der Waals surface area contributed by atoms with E-state index in [0.29, 0.717) is 25.3 Å². The van der Waals surface area contributed by atoms with Crippen molar-refractivity contribution in [2.45, 2.75) is 32.7 Å². The fourth-order valence-corrected chi connectivity index (χ4v) is 2.52. The number of likely N-dealkylation sites (tertiary alicyclic amines) is 1. The van der Waals surface area contributed by atoms with Crippen LogP contribution in [0.5, 0.6) is 0 Å². The van der Waals surface area contributed by atoms with Gasteiger partial charge >= 0.3 is 5.97 Å². The van der Waals surface area contributed by atoms with Gasteiger partial charge in [-0.2, -0.15) is 4.98 Å². The van der Waals surface area contributed by atoms with Crippen LogP contribution in [0.3, 0.4) is 0 Å². The Morgan fingerprint density at radius 1 is 1.71 bits per heavy atom. The summed E-state index contributed by atoms with van der Waals surface area (Å²) in [5.74, 6) is -0.0716. The second-order valence-electron chi connectivity index (χ2n) is 4.64. The Balaban J connectivity index is 1.99. The summed E-state index contributed by atoms with van der Waals surface area (Å²) in [6, 6.07) is 0. The van der Waals surface area contributed by atoms with Gasteiger partial charge in [0.1, 0.15) is 0 Å². The van der Waals surface area contributed by atoms with Crippen LogP contribution < -0.4 is 0 Å². The molecule has 1 aromatic rings. The smallest absolute Gasteiger partial charge is 0.310 e. The van der Waals surface area contributed by atoms with Gasteiger partial charge in [0.15, 0.2) is 5.82 Å². The van der Waals surface area contributed by atoms with E-state index in [1.807, 2.05) is 6.92 Å². The summed E-state index contributed by atoms with van der Waals surface area (Å²) in [7, 11) is 0. The minimum atomic E-state index is -0.685. The zero-order chi connectivity index (χ0) is 12.3. The fourth-order valence-electron chi connectivity index (χ4n) is 2.52. The van der Waals surface area contributed by atoms with E-state index in [4.69, 9.17) is 0 Å². The van der Waals surface area contributed by atoms with Crippen molar-refractivity contribution in [2.24, 2.45) is 5.41 Å². The van der Waals surface area contributed by atoms with Crippen molar-refractivity contribution in [1.82, 2.24) is 15.0 Å². The number of hydrogen-bond acceptors (Lipinski definition) is 5. The van der Waals surface area contributed by atoms with Crippen LogP contribution in [0.1, 0.15) is 32.0 Å². The Labute approximate surface area is 99.6 Å². The number of carboxylic acid groups (broad SMARTS) is 1. The maximum atomic E-state index is 11.4. The molecular weight excluding hydrogens is 222 g/mol. The molecule has 1 aliphatic heterocycles. The molecule has 0 amide bonds. The first-order chi connectivity index (χ1) is 8.16. The molecule has 0 radical (unpaired) electrons. The molecule has 6 nitrogen and oxygen atoms in total. The number of nitrogens with zero attached hydrogens (tertiary/aromatic N) is 3. The lowest BCUT2D eigenvalue weighted by molar-refractivity contribution is -0.148. The zero-order valence-corrected chi connectivity index (χ0v) is 9.93. The predicted molar refractivity (Wildman–Crippen MR) is 59.2 cm³/mol. The van der Waals surface area contributed by atoms with E-state index in [1.165, 1.54) is 6.39 Å². The van der Waals surface area contributed by atoms with Gasteiger partial charge < -0.3 is 9.63 Å². The summed E-state index contributed by atoms with van der Waals surface area (Å²) in [5, 5.41) is 13.1. The molecule has 0 aliphatic carbocycles. The van der Waals surface area contributed by atoms with Gasteiger partial charge in [-0.3, -0.25) is 9.69 Å². The topological polar surface area (TPSA) is 79.5 Å². The highest BCUT2D eigenvalue weighted by Crippen LogP contribution is 2.35. The van der Waals surface area contributed by atoms with Crippen LogP contribution in [0.2, 0.25) is 0 Å². The van der Waals surface area contributed by atoms with E-state index in [-0.39, 0.29) is 0 Å². The second kappa shape index (κ2) is 4.83. The van der Waals surface area contributed by atoms with Gasteiger partial charge in [0.25, 0.3) is 0 Å². The van der Waals surface area contributed by atoms with Crippen molar-refractivity contribution in [3.05, 3.63) is 12.2 Å². The lowest BCUT2D eigenvalue weighted by Crippen LogP contribution is -2.34. The highest BCUT2D eigenvalue weighted by molar-refractivity contribution is 5.75. The van der Waals surface area contributed by atoms with Crippen molar-refractivity contribution in [1.29, 1.82) is 0 Å². The Bertz CT molecular complexity index is 379. The van der Waals surface area contributed by atoms with E-state index >= 15 is 0 Å². The van der Waals surface area contributed by atoms with Crippen molar-refractivity contribution in [3.8, 4) is 0 Å². The van der Waals surface area contributed by atoms with E-state index in [2.05, 4.69) is 19.6 Å². The lowest BCUT2D eigenvalue weighted by Gasteiger charge is -2.23. The average Bonchev–Trinajstić information content (AvgIpc) is 2.90. The molecule has 6 heteroatoms. The standard InChI is InChI=1S/C11H17N3O3/c1-2-3-11(10(15)16)4-5-14(7-11)6-9-12-8-17-13-9/h8H,2-7H2,1H3,(H,15,16). The fraction of sp³-hybridized carbons (Fsp3) is 0.727. The van der Waals surface area contributed by atoms with Gasteiger partial charge in [-0.05, 0) is 19.4 Å². The molecule has 1 atom stereocenters. The number of aliphatic carboxylic acids is 1. The van der Waals surface area contributed by atoms with Gasteiger partial charge in [0.05, 0.1) is 12.0 Å². The van der Waals surface area contributed by atoms with Crippen LogP contribution in [0, 0.1) is 5.41 Å². The lowest BCUT2D eigenvalue weighted by atomic mass is 9.83. The van der Waals surface area contributed by atoms with Crippen molar-refractivity contribution in [2.75, 3.05) is 13.1 Å². The Morgan fingerprint density at radius 2 is 2.53 bits per heavy atom. The summed E-state index contributed by atoms with van der Waals surface area (Å²) >= 11 is 0. The first-order valence-electron chi connectivity index (χ1n) is 5.87. The molecule has 0 spiro atoms. The predicted octanol–water partition coefficient (Wildman–Crippen LogP) is 1.15. The third kappa shape index (κ3) is 2.46. The minimum absolute atomic E-state index is 0.565. The first kappa shape index (κ1) is 12.0. The molecule has 1 N–H and O–H groups in total. The Hall–Kier alpha value is -1.43. The van der Waals surface area contributed by atoms with Crippen LogP contribution in [0.25, 0.3) is 0 Å². The molecule has 1 aliphatic rings. The monoisotopic (exact) mass is 239 g/mol. The van der Waals surface area contributed by atoms with E-state index in [0.717, 1.165) is 19.4 Å². The molecule has 1 fully saturated rings. The summed E-state index contributed by atoms with van der Waals surface area (Å²) in [4.78, 5) is 17.4. The number of rotatable bonds is 5. The maximum Gasteiger partial charge on any atom is 0.310 e. The highest BCUT2D eigenvalue weighted by Gasteiger charge is 2.43. The molecule has 1 aromatic heterocycles. The second-order valence-corrected chi connectivity index (χ2v) is 4.64. The molecule has 17 heavy (non-hydrogen) atoms. The molecule has 2 rings (SSSR count). The van der Waals surface area contributed by atoms with Crippen LogP contribution in [-0.4, -0.2) is 39.2 Å². The van der Waals surface area contributed by atoms with E-state index in [1.54, 1.807) is 0 Å². The third-order valence-electron chi connectivity index (χ3n) is 3.39. The van der Waals surface area contributed by atoms with E-state index in [9.17, 15) is 9.90 Å². The van der Waals surface area contributed by atoms with Gasteiger partial charge in [0.2, 0.25) is 6.39 Å². The number of aromatic nitrogens is 2. The Kier molecular flexibility index (Phi) is 3.42. The average molecular weight is 239 g/mol. The summed E-state index contributed by atoms with van der Waals surface area (Å²) in [6.45, 7) is 3.94. The van der Waals surface area contributed by atoms with Crippen molar-refractivity contribution in [3.63, 3.8) is 0 Å². The SMILES string of the molecule is CCCC1(C(=O)O)CCN(Cc2ncon2)C1. The van der Waals surface area contributed by atoms with Crippen LogP contribution in [0.4, 0.5) is 0 Å². The minimum Gasteiger partial charge on any atom is -0.481 e. The molecule has 0 saturated carbocycles. The molecule has 1 saturated heterocycles. The highest BCUT2D eigenvalue weighted by atomic mass is 16.5. The first-order valence-corrected chi connectivity index (χ1v) is 5.87. The van der Waals surface area contributed by atoms with Gasteiger partial charge in [-0.1, -0.05) is 18.5 Å². The molecule has 94 valence electrons. The Morgan fingerprint density at radius 3 is 3.12 bits per heavy atom. The molecule has 2 heterocycles. The summed E-state index contributed by atoms with van der Waals surface area (Å²) in [6.07, 6.45) is 3.61. The molecule has 0 aromatic carbocycles. The van der Waals surface area contributed by atoms with Crippen molar-refractivity contribution < 1.29 is 14.4 Å². The van der Waals surface area contributed by atoms with Gasteiger partial charge in [0, 0.05) is 6.54 Å². The number of carbonyl (C=O) groups is 1. The largest absolute Gasteiger partial charge is 0.481 e. The number of hydrogen-bond donors (Lipinski definition) is 1. The molecule has 0 bridgehead atoms. The number of carboxylic acids is 1. The quantitative estimate of drug-likeness (QED) is 0.830. The van der Waals surface area contributed by atoms with Gasteiger partial charge in [-0.25, -0.2) is 0 Å². The third-order valence-corrected chi connectivity index (χ3v) is 3.39.